The van der Waals surface area contributed by atoms with Gasteiger partial charge >= 0.3 is 5.97 Å². The summed E-state index contributed by atoms with van der Waals surface area (Å²) in [6, 6.07) is 20.7. The zero-order chi connectivity index (χ0) is 23.4. The second kappa shape index (κ2) is 9.37. The number of aromatic nitrogens is 1. The predicted octanol–water partition coefficient (Wildman–Crippen LogP) is 3.43. The number of benzene rings is 3. The largest absolute Gasteiger partial charge is 0.494 e. The molecule has 0 saturated heterocycles. The molecule has 0 fully saturated rings. The van der Waals surface area contributed by atoms with Crippen LogP contribution in [0.15, 0.2) is 77.8 Å². The van der Waals surface area contributed by atoms with Crippen LogP contribution in [0.2, 0.25) is 0 Å². The van der Waals surface area contributed by atoms with Crippen molar-refractivity contribution in [2.75, 3.05) is 13.1 Å². The van der Waals surface area contributed by atoms with Crippen LogP contribution in [0.3, 0.4) is 0 Å². The molecule has 4 rings (SSSR count). The van der Waals surface area contributed by atoms with E-state index in [2.05, 4.69) is 10.3 Å². The first-order valence-corrected chi connectivity index (χ1v) is 10.3. The van der Waals surface area contributed by atoms with Crippen molar-refractivity contribution < 1.29 is 19.8 Å². The number of nitrogens with one attached hydrogen (secondary N) is 2. The van der Waals surface area contributed by atoms with Gasteiger partial charge in [0, 0.05) is 35.1 Å². The van der Waals surface area contributed by atoms with Crippen LogP contribution in [0.4, 0.5) is 5.69 Å². The van der Waals surface area contributed by atoms with Crippen molar-refractivity contribution in [3.05, 3.63) is 95.1 Å². The van der Waals surface area contributed by atoms with Crippen LogP contribution in [0, 0.1) is 0 Å². The Hall–Kier alpha value is -4.43. The number of carbonyl (C=O) groups is 2. The van der Waals surface area contributed by atoms with Crippen molar-refractivity contribution in [3.8, 4) is 5.88 Å². The van der Waals surface area contributed by atoms with E-state index in [9.17, 15) is 19.8 Å². The number of aromatic hydroxyl groups is 1. The number of fused-ring (bicyclic) bond motifs is 1. The maximum Gasteiger partial charge on any atom is 0.335 e. The predicted molar refractivity (Wildman–Crippen MR) is 126 cm³/mol. The molecular weight excluding hydrogens is 420 g/mol. The van der Waals surface area contributed by atoms with E-state index in [1.807, 2.05) is 30.3 Å². The number of hydrogen-bond donors (Lipinski definition) is 5. The standard InChI is InChI=1S/C25H22N4O4/c26-11-12-27-23(30)16-7-4-8-18(13-16)28-22(15-5-2-1-3-6-15)21-19-10-9-17(25(32)33)14-20(19)29-24(21)31/h1-10,13-14,29,31H,11-12,26H2,(H,27,30)(H,32,33). The lowest BCUT2D eigenvalue weighted by Crippen LogP contribution is -2.28. The number of nitrogens with two attached hydrogens (primary N) is 1. The molecule has 0 spiro atoms. The minimum absolute atomic E-state index is 0.102. The first-order chi connectivity index (χ1) is 16.0. The van der Waals surface area contributed by atoms with Crippen LogP contribution in [0.25, 0.3) is 10.9 Å². The van der Waals surface area contributed by atoms with Gasteiger partial charge in [-0.25, -0.2) is 9.79 Å². The first-order valence-electron chi connectivity index (χ1n) is 10.3. The van der Waals surface area contributed by atoms with E-state index in [1.54, 1.807) is 30.3 Å². The Kier molecular flexibility index (Phi) is 6.19. The summed E-state index contributed by atoms with van der Waals surface area (Å²) in [5.74, 6) is -1.45. The summed E-state index contributed by atoms with van der Waals surface area (Å²) < 4.78 is 0. The topological polar surface area (TPSA) is 141 Å². The summed E-state index contributed by atoms with van der Waals surface area (Å²) in [6.07, 6.45) is 0. The van der Waals surface area contributed by atoms with Gasteiger partial charge in [0.15, 0.2) is 5.88 Å². The van der Waals surface area contributed by atoms with Crippen LogP contribution in [0.5, 0.6) is 5.88 Å². The highest BCUT2D eigenvalue weighted by Crippen LogP contribution is 2.32. The smallest absolute Gasteiger partial charge is 0.335 e. The van der Waals surface area contributed by atoms with Gasteiger partial charge in [0.2, 0.25) is 0 Å². The number of H-pyrrole nitrogens is 1. The molecule has 0 saturated carbocycles. The van der Waals surface area contributed by atoms with Gasteiger partial charge in [-0.1, -0.05) is 42.5 Å². The van der Waals surface area contributed by atoms with Gasteiger partial charge in [0.1, 0.15) is 0 Å². The summed E-state index contributed by atoms with van der Waals surface area (Å²) in [5, 5.41) is 23.4. The van der Waals surface area contributed by atoms with Crippen molar-refractivity contribution >= 4 is 34.2 Å². The van der Waals surface area contributed by atoms with Crippen molar-refractivity contribution in [3.63, 3.8) is 0 Å². The molecule has 0 atom stereocenters. The lowest BCUT2D eigenvalue weighted by atomic mass is 10.00. The van der Waals surface area contributed by atoms with Crippen molar-refractivity contribution in [2.24, 2.45) is 10.7 Å². The average molecular weight is 442 g/mol. The Labute approximate surface area is 189 Å². The molecular formula is C25H22N4O4. The molecule has 3 aromatic carbocycles. The number of carboxylic acid groups (broad SMARTS) is 1. The van der Waals surface area contributed by atoms with Crippen molar-refractivity contribution in [2.45, 2.75) is 0 Å². The average Bonchev–Trinajstić information content (AvgIpc) is 3.16. The molecule has 0 aliphatic rings. The number of hydrogen-bond acceptors (Lipinski definition) is 5. The molecule has 1 heterocycles. The van der Waals surface area contributed by atoms with Gasteiger partial charge in [-0.2, -0.15) is 0 Å². The lowest BCUT2D eigenvalue weighted by Gasteiger charge is -2.09. The summed E-state index contributed by atoms with van der Waals surface area (Å²) in [7, 11) is 0. The number of carboxylic acids is 1. The Balaban J connectivity index is 1.87. The molecule has 0 aliphatic carbocycles. The van der Waals surface area contributed by atoms with E-state index < -0.39 is 5.97 Å². The van der Waals surface area contributed by atoms with Crippen LogP contribution >= 0.6 is 0 Å². The fourth-order valence-corrected chi connectivity index (χ4v) is 3.55. The molecule has 1 amide bonds. The highest BCUT2D eigenvalue weighted by molar-refractivity contribution is 6.22. The fraction of sp³-hybridized carbons (Fsp3) is 0.0800. The number of amides is 1. The number of carbonyl (C=O) groups excluding carboxylic acids is 1. The molecule has 8 nitrogen and oxygen atoms in total. The Morgan fingerprint density at radius 2 is 1.70 bits per heavy atom. The lowest BCUT2D eigenvalue weighted by molar-refractivity contribution is 0.0696. The number of nitrogens with zero attached hydrogens (tertiary/aromatic N) is 1. The van der Waals surface area contributed by atoms with E-state index in [-0.39, 0.29) is 17.4 Å². The minimum atomic E-state index is -1.06. The van der Waals surface area contributed by atoms with E-state index in [0.29, 0.717) is 46.5 Å². The molecule has 0 aliphatic heterocycles. The summed E-state index contributed by atoms with van der Waals surface area (Å²) >= 11 is 0. The fourth-order valence-electron chi connectivity index (χ4n) is 3.55. The number of aromatic amines is 1. The summed E-state index contributed by atoms with van der Waals surface area (Å²) in [5.41, 5.74) is 8.64. The molecule has 166 valence electrons. The van der Waals surface area contributed by atoms with Gasteiger partial charge in [-0.3, -0.25) is 4.79 Å². The molecule has 1 aromatic heterocycles. The second-order valence-corrected chi connectivity index (χ2v) is 7.34. The Bertz CT molecular complexity index is 1360. The number of aliphatic imine (C=N–C) groups is 1. The number of aromatic carboxylic acids is 1. The molecule has 8 heteroatoms. The third kappa shape index (κ3) is 4.60. The summed E-state index contributed by atoms with van der Waals surface area (Å²) in [4.78, 5) is 31.3. The number of rotatable bonds is 7. The van der Waals surface area contributed by atoms with Crippen molar-refractivity contribution in [1.82, 2.24) is 10.3 Å². The van der Waals surface area contributed by atoms with Gasteiger partial charge in [-0.05, 0) is 30.3 Å². The molecule has 6 N–H and O–H groups in total. The third-order valence-corrected chi connectivity index (χ3v) is 5.09. The highest BCUT2D eigenvalue weighted by atomic mass is 16.4. The molecule has 33 heavy (non-hydrogen) atoms. The SMILES string of the molecule is NCCNC(=O)c1cccc(N=C(c2ccccc2)c2c(O)[nH]c3cc(C(=O)O)ccc23)c1. The van der Waals surface area contributed by atoms with Gasteiger partial charge in [0.05, 0.1) is 22.5 Å². The third-order valence-electron chi connectivity index (χ3n) is 5.09. The van der Waals surface area contributed by atoms with Gasteiger partial charge in [0.25, 0.3) is 5.91 Å². The van der Waals surface area contributed by atoms with Crippen molar-refractivity contribution in [1.29, 1.82) is 0 Å². The molecule has 0 bridgehead atoms. The van der Waals surface area contributed by atoms with E-state index in [4.69, 9.17) is 10.7 Å². The van der Waals surface area contributed by atoms with Gasteiger partial charge in [-0.15, -0.1) is 0 Å². The molecule has 0 unspecified atom stereocenters. The molecule has 0 radical (unpaired) electrons. The maximum atomic E-state index is 12.3. The van der Waals surface area contributed by atoms with Crippen LogP contribution in [0.1, 0.15) is 31.8 Å². The highest BCUT2D eigenvalue weighted by Gasteiger charge is 2.20. The normalized spacial score (nSPS) is 11.5. The quantitative estimate of drug-likeness (QED) is 0.279. The maximum absolute atomic E-state index is 12.3. The second-order valence-electron chi connectivity index (χ2n) is 7.34. The minimum Gasteiger partial charge on any atom is -0.494 e. The van der Waals surface area contributed by atoms with E-state index in [1.165, 1.54) is 12.1 Å². The van der Waals surface area contributed by atoms with Crippen LogP contribution < -0.4 is 11.1 Å². The van der Waals surface area contributed by atoms with E-state index in [0.717, 1.165) is 5.56 Å². The molecule has 4 aromatic rings. The van der Waals surface area contributed by atoms with E-state index >= 15 is 0 Å². The zero-order valence-electron chi connectivity index (χ0n) is 17.6. The monoisotopic (exact) mass is 442 g/mol. The Morgan fingerprint density at radius 3 is 2.42 bits per heavy atom. The zero-order valence-corrected chi connectivity index (χ0v) is 17.6. The van der Waals surface area contributed by atoms with Crippen LogP contribution in [-0.2, 0) is 0 Å². The summed E-state index contributed by atoms with van der Waals surface area (Å²) in [6.45, 7) is 0.703. The Morgan fingerprint density at radius 1 is 0.939 bits per heavy atom. The van der Waals surface area contributed by atoms with Gasteiger partial charge < -0.3 is 26.2 Å². The van der Waals surface area contributed by atoms with Crippen LogP contribution in [-0.4, -0.2) is 45.9 Å². The first kappa shape index (κ1) is 21.8.